The van der Waals surface area contributed by atoms with Crippen LogP contribution in [0.15, 0.2) is 0 Å². The number of unbranched alkanes of at least 4 members (excludes halogenated alkanes) is 46. The zero-order valence-electron chi connectivity index (χ0n) is 58.1. The average Bonchev–Trinajstić information content (AvgIpc) is 3.32. The van der Waals surface area contributed by atoms with Crippen LogP contribution in [0.3, 0.4) is 0 Å². The minimum Gasteiger partial charge on any atom is -0.462 e. The van der Waals surface area contributed by atoms with Gasteiger partial charge >= 0.3 is 39.5 Å². The van der Waals surface area contributed by atoms with E-state index in [4.69, 9.17) is 37.0 Å². The van der Waals surface area contributed by atoms with Gasteiger partial charge in [-0.15, -0.1) is 0 Å². The van der Waals surface area contributed by atoms with Crippen molar-refractivity contribution in [1.82, 2.24) is 0 Å². The van der Waals surface area contributed by atoms with Crippen molar-refractivity contribution in [3.63, 3.8) is 0 Å². The highest BCUT2D eigenvalue weighted by atomic mass is 31.2. The minimum atomic E-state index is -4.95. The molecule has 90 heavy (non-hydrogen) atoms. The van der Waals surface area contributed by atoms with Gasteiger partial charge in [-0.2, -0.15) is 0 Å². The van der Waals surface area contributed by atoms with Gasteiger partial charge in [-0.3, -0.25) is 37.3 Å². The molecule has 0 heterocycles. The topological polar surface area (TPSA) is 237 Å². The fourth-order valence-electron chi connectivity index (χ4n) is 10.9. The van der Waals surface area contributed by atoms with E-state index in [0.717, 1.165) is 96.3 Å². The summed E-state index contributed by atoms with van der Waals surface area (Å²) in [7, 11) is -9.89. The van der Waals surface area contributed by atoms with Gasteiger partial charge in [0.25, 0.3) is 0 Å². The largest absolute Gasteiger partial charge is 0.472 e. The molecule has 0 saturated carbocycles. The maximum Gasteiger partial charge on any atom is 0.472 e. The Morgan fingerprint density at radius 1 is 0.267 bits per heavy atom. The number of hydrogen-bond acceptors (Lipinski definition) is 15. The Balaban J connectivity index is 5.19. The van der Waals surface area contributed by atoms with E-state index >= 15 is 0 Å². The van der Waals surface area contributed by atoms with E-state index in [1.807, 2.05) is 0 Å². The SMILES string of the molecule is CCCCCCCCCCCCCCCCCCCC(=O)O[C@H](COC(=O)CCCCCCCCCCCCCCCCCC)COP(=O)(O)OC[C@@H](O)COP(=O)(O)OC[C@@H](COC(=O)CCCCCCCCCC)OC(=O)CCCCCCCCCCC. The molecule has 2 unspecified atom stereocenters. The monoisotopic (exact) mass is 1320 g/mol. The van der Waals surface area contributed by atoms with Gasteiger partial charge < -0.3 is 33.8 Å². The van der Waals surface area contributed by atoms with Gasteiger partial charge in [0.2, 0.25) is 0 Å². The molecular formula is C71H138O17P2. The number of rotatable bonds is 72. The van der Waals surface area contributed by atoms with Crippen molar-refractivity contribution in [3.8, 4) is 0 Å². The van der Waals surface area contributed by atoms with E-state index in [2.05, 4.69) is 27.7 Å². The first kappa shape index (κ1) is 88.1. The summed E-state index contributed by atoms with van der Waals surface area (Å²) in [5.41, 5.74) is 0. The highest BCUT2D eigenvalue weighted by molar-refractivity contribution is 7.47. The molecule has 0 bridgehead atoms. The number of carbonyl (C=O) groups is 4. The second kappa shape index (κ2) is 65.7. The molecule has 0 aromatic carbocycles. The normalized spacial score (nSPS) is 14.0. The van der Waals surface area contributed by atoms with Crippen molar-refractivity contribution >= 4 is 39.5 Å². The van der Waals surface area contributed by atoms with E-state index in [1.54, 1.807) is 0 Å². The quantitative estimate of drug-likeness (QED) is 0.0222. The Kier molecular flexibility index (Phi) is 64.3. The van der Waals surface area contributed by atoms with Crippen LogP contribution in [0.25, 0.3) is 0 Å². The molecular weight excluding hydrogens is 1190 g/mol. The van der Waals surface area contributed by atoms with Gasteiger partial charge in [0.1, 0.15) is 19.3 Å². The smallest absolute Gasteiger partial charge is 0.462 e. The Morgan fingerprint density at radius 3 is 0.656 bits per heavy atom. The molecule has 0 saturated heterocycles. The van der Waals surface area contributed by atoms with Crippen LogP contribution in [-0.4, -0.2) is 96.7 Å². The lowest BCUT2D eigenvalue weighted by Gasteiger charge is -2.21. The summed E-state index contributed by atoms with van der Waals surface area (Å²) in [5.74, 6) is -2.12. The number of esters is 4. The van der Waals surface area contributed by atoms with Gasteiger partial charge in [-0.25, -0.2) is 9.13 Å². The molecule has 0 aromatic rings. The third kappa shape index (κ3) is 64.8. The van der Waals surface area contributed by atoms with Crippen molar-refractivity contribution in [2.45, 2.75) is 393 Å². The Morgan fingerprint density at radius 2 is 0.444 bits per heavy atom. The first-order valence-corrected chi connectivity index (χ1v) is 40.3. The summed E-state index contributed by atoms with van der Waals surface area (Å²) in [6.45, 7) is 4.91. The fourth-order valence-corrected chi connectivity index (χ4v) is 12.4. The first-order chi connectivity index (χ1) is 43.7. The summed E-state index contributed by atoms with van der Waals surface area (Å²) in [4.78, 5) is 72.4. The van der Waals surface area contributed by atoms with Crippen LogP contribution in [0, 0.1) is 0 Å². The third-order valence-corrected chi connectivity index (χ3v) is 18.5. The molecule has 0 aromatic heterocycles. The highest BCUT2D eigenvalue weighted by Crippen LogP contribution is 2.45. The molecule has 19 heteroatoms. The zero-order valence-corrected chi connectivity index (χ0v) is 59.9. The van der Waals surface area contributed by atoms with Crippen molar-refractivity contribution < 1.29 is 80.2 Å². The number of phosphoric ester groups is 2. The van der Waals surface area contributed by atoms with Crippen LogP contribution >= 0.6 is 15.6 Å². The van der Waals surface area contributed by atoms with Crippen molar-refractivity contribution in [2.24, 2.45) is 0 Å². The molecule has 0 radical (unpaired) electrons. The predicted molar refractivity (Wildman–Crippen MR) is 363 cm³/mol. The summed E-state index contributed by atoms with van der Waals surface area (Å²) in [6.07, 6.45) is 54.2. The molecule has 0 rings (SSSR count). The van der Waals surface area contributed by atoms with Crippen LogP contribution in [0.4, 0.5) is 0 Å². The van der Waals surface area contributed by atoms with Gasteiger partial charge in [0.15, 0.2) is 12.2 Å². The lowest BCUT2D eigenvalue weighted by atomic mass is 10.0. The molecule has 0 spiro atoms. The molecule has 5 atom stereocenters. The summed E-state index contributed by atoms with van der Waals surface area (Å²) < 4.78 is 68.2. The lowest BCUT2D eigenvalue weighted by molar-refractivity contribution is -0.161. The minimum absolute atomic E-state index is 0.106. The number of carbonyl (C=O) groups excluding carboxylic acids is 4. The van der Waals surface area contributed by atoms with Crippen LogP contribution in [-0.2, 0) is 65.4 Å². The number of ether oxygens (including phenoxy) is 4. The van der Waals surface area contributed by atoms with E-state index in [1.165, 1.54) is 199 Å². The molecule has 17 nitrogen and oxygen atoms in total. The van der Waals surface area contributed by atoms with Gasteiger partial charge in [-0.1, -0.05) is 323 Å². The van der Waals surface area contributed by atoms with Crippen molar-refractivity contribution in [1.29, 1.82) is 0 Å². The van der Waals surface area contributed by atoms with E-state index in [0.29, 0.717) is 25.7 Å². The Hall–Kier alpha value is -1.94. The van der Waals surface area contributed by atoms with E-state index in [-0.39, 0.29) is 25.7 Å². The number of hydrogen-bond donors (Lipinski definition) is 3. The summed E-state index contributed by atoms with van der Waals surface area (Å²) >= 11 is 0. The second-order valence-corrected chi connectivity index (χ2v) is 28.5. The number of aliphatic hydroxyl groups excluding tert-OH is 1. The Bertz CT molecular complexity index is 1720. The molecule has 534 valence electrons. The lowest BCUT2D eigenvalue weighted by Crippen LogP contribution is -2.30. The van der Waals surface area contributed by atoms with E-state index in [9.17, 15) is 43.2 Å². The standard InChI is InChI=1S/C71H138O17P2/c1-5-9-13-17-21-25-27-29-31-33-35-37-39-42-46-50-54-58-71(76)88-67(62-82-69(74)56-52-48-44-41-38-36-34-32-30-28-26-22-18-14-10-6-2)64-86-90(79,80)84-60-65(72)59-83-89(77,78)85-63-66(61-81-68(73)55-51-47-43-24-20-16-12-8-4)87-70(75)57-53-49-45-40-23-19-15-11-7-3/h65-67,72H,5-64H2,1-4H3,(H,77,78)(H,79,80)/t65-,66+,67+/m0/s1. The summed E-state index contributed by atoms with van der Waals surface area (Å²) in [6, 6.07) is 0. The van der Waals surface area contributed by atoms with Gasteiger partial charge in [-0.05, 0) is 25.7 Å². The number of phosphoric acid groups is 2. The van der Waals surface area contributed by atoms with Gasteiger partial charge in [0.05, 0.1) is 26.4 Å². The van der Waals surface area contributed by atoms with Crippen LogP contribution < -0.4 is 0 Å². The maximum atomic E-state index is 13.0. The molecule has 0 fully saturated rings. The first-order valence-electron chi connectivity index (χ1n) is 37.3. The van der Waals surface area contributed by atoms with Crippen LogP contribution in [0.2, 0.25) is 0 Å². The highest BCUT2D eigenvalue weighted by Gasteiger charge is 2.30. The molecule has 0 aliphatic carbocycles. The third-order valence-electron chi connectivity index (χ3n) is 16.6. The van der Waals surface area contributed by atoms with Crippen LogP contribution in [0.1, 0.15) is 374 Å². The molecule has 0 aliphatic heterocycles. The van der Waals surface area contributed by atoms with Crippen LogP contribution in [0.5, 0.6) is 0 Å². The predicted octanol–water partition coefficient (Wildman–Crippen LogP) is 20.7. The second-order valence-electron chi connectivity index (χ2n) is 25.6. The van der Waals surface area contributed by atoms with Crippen molar-refractivity contribution in [2.75, 3.05) is 39.6 Å². The fraction of sp³-hybridized carbons (Fsp3) is 0.944. The molecule has 3 N–H and O–H groups in total. The zero-order chi connectivity index (χ0) is 66.1. The average molecular weight is 1330 g/mol. The maximum absolute atomic E-state index is 13.0. The van der Waals surface area contributed by atoms with E-state index < -0.39 is 97.5 Å². The van der Waals surface area contributed by atoms with Crippen molar-refractivity contribution in [3.05, 3.63) is 0 Å². The number of aliphatic hydroxyl groups is 1. The Labute approximate surface area is 549 Å². The molecule has 0 amide bonds. The summed E-state index contributed by atoms with van der Waals surface area (Å²) in [5, 5.41) is 10.6. The van der Waals surface area contributed by atoms with Gasteiger partial charge in [0, 0.05) is 25.7 Å². The molecule has 0 aliphatic rings.